The first-order chi connectivity index (χ1) is 9.29. The van der Waals surface area contributed by atoms with Crippen molar-refractivity contribution in [2.45, 2.75) is 13.3 Å². The number of aromatic nitrogens is 3. The summed E-state index contributed by atoms with van der Waals surface area (Å²) in [5, 5.41) is 6.61. The second kappa shape index (κ2) is 4.81. The zero-order valence-corrected chi connectivity index (χ0v) is 11.1. The Morgan fingerprint density at radius 3 is 2.95 bits per heavy atom. The summed E-state index contributed by atoms with van der Waals surface area (Å²) >= 11 is 1.45. The molecule has 0 unspecified atom stereocenters. The number of thiophene rings is 1. The van der Waals surface area contributed by atoms with E-state index in [1.54, 1.807) is 6.20 Å². The van der Waals surface area contributed by atoms with Crippen molar-refractivity contribution >= 4 is 16.3 Å². The molecule has 0 saturated carbocycles. The van der Waals surface area contributed by atoms with Crippen molar-refractivity contribution in [2.75, 3.05) is 5.73 Å². The number of nitrogens with zero attached hydrogens (tertiary/aromatic N) is 3. The average molecular weight is 272 g/mol. The van der Waals surface area contributed by atoms with E-state index in [1.807, 2.05) is 23.7 Å². The van der Waals surface area contributed by atoms with E-state index in [9.17, 15) is 0 Å². The van der Waals surface area contributed by atoms with Crippen molar-refractivity contribution in [3.05, 3.63) is 35.5 Å². The van der Waals surface area contributed by atoms with Crippen LogP contribution in [0, 0.1) is 0 Å². The number of aryl methyl sites for hydroxylation is 1. The minimum atomic E-state index is 0.451. The zero-order valence-electron chi connectivity index (χ0n) is 10.3. The summed E-state index contributed by atoms with van der Waals surface area (Å²) in [6.07, 6.45) is 4.42. The summed E-state index contributed by atoms with van der Waals surface area (Å²) in [5.41, 5.74) is 8.68. The molecule has 0 spiro atoms. The molecule has 0 atom stereocenters. The van der Waals surface area contributed by atoms with E-state index in [0.717, 1.165) is 23.1 Å². The van der Waals surface area contributed by atoms with Crippen LogP contribution in [0.25, 0.3) is 22.8 Å². The third-order valence-corrected chi connectivity index (χ3v) is 3.62. The van der Waals surface area contributed by atoms with Gasteiger partial charge in [-0.2, -0.15) is 4.98 Å². The Morgan fingerprint density at radius 1 is 1.32 bits per heavy atom. The molecule has 6 heteroatoms. The van der Waals surface area contributed by atoms with Crippen LogP contribution in [-0.4, -0.2) is 15.1 Å². The first-order valence-corrected chi connectivity index (χ1v) is 6.78. The molecule has 0 aliphatic heterocycles. The van der Waals surface area contributed by atoms with Gasteiger partial charge in [0.15, 0.2) is 0 Å². The van der Waals surface area contributed by atoms with Crippen LogP contribution in [0.5, 0.6) is 0 Å². The molecule has 0 aliphatic carbocycles. The number of hydrogen-bond acceptors (Lipinski definition) is 6. The molecule has 3 heterocycles. The first-order valence-electron chi connectivity index (χ1n) is 5.90. The van der Waals surface area contributed by atoms with E-state index in [0.29, 0.717) is 16.7 Å². The summed E-state index contributed by atoms with van der Waals surface area (Å²) in [4.78, 5) is 8.52. The molecule has 0 fully saturated rings. The van der Waals surface area contributed by atoms with Crippen LogP contribution in [0.15, 0.2) is 34.4 Å². The summed E-state index contributed by atoms with van der Waals surface area (Å²) in [5.74, 6) is 1.02. The van der Waals surface area contributed by atoms with E-state index in [-0.39, 0.29) is 0 Å². The van der Waals surface area contributed by atoms with Gasteiger partial charge in [0.05, 0.1) is 10.6 Å². The highest BCUT2D eigenvalue weighted by Gasteiger charge is 2.15. The summed E-state index contributed by atoms with van der Waals surface area (Å²) < 4.78 is 5.29. The van der Waals surface area contributed by atoms with E-state index in [4.69, 9.17) is 10.3 Å². The highest BCUT2D eigenvalue weighted by atomic mass is 32.1. The van der Waals surface area contributed by atoms with Crippen molar-refractivity contribution in [3.63, 3.8) is 0 Å². The second-order valence-corrected chi connectivity index (χ2v) is 4.96. The fraction of sp³-hybridized carbons (Fsp3) is 0.154. The van der Waals surface area contributed by atoms with Crippen LogP contribution in [-0.2, 0) is 6.42 Å². The predicted octanol–water partition coefficient (Wildman–Crippen LogP) is 3.00. The Kier molecular flexibility index (Phi) is 3.00. The monoisotopic (exact) mass is 272 g/mol. The predicted molar refractivity (Wildman–Crippen MR) is 74.6 cm³/mol. The lowest BCUT2D eigenvalue weighted by Gasteiger charge is -2.00. The van der Waals surface area contributed by atoms with Gasteiger partial charge in [-0.1, -0.05) is 12.1 Å². The topological polar surface area (TPSA) is 77.8 Å². The molecule has 0 aromatic carbocycles. The van der Waals surface area contributed by atoms with Gasteiger partial charge in [-0.15, -0.1) is 11.3 Å². The average Bonchev–Trinajstić information content (AvgIpc) is 3.07. The van der Waals surface area contributed by atoms with Gasteiger partial charge in [0, 0.05) is 18.0 Å². The smallest absolute Gasteiger partial charge is 0.261 e. The van der Waals surface area contributed by atoms with Crippen LogP contribution >= 0.6 is 11.3 Å². The lowest BCUT2D eigenvalue weighted by molar-refractivity contribution is 0.432. The van der Waals surface area contributed by atoms with Gasteiger partial charge in [0.25, 0.3) is 5.89 Å². The largest absolute Gasteiger partial charge is 0.390 e. The Bertz CT molecular complexity index is 704. The molecule has 3 aromatic rings. The molecule has 0 saturated heterocycles. The van der Waals surface area contributed by atoms with E-state index in [2.05, 4.69) is 22.0 Å². The standard InChI is InChI=1S/C13H12N4OS/c1-2-8-7-15-5-3-9(8)12-16-13(18-17-12)10-4-6-19-11(10)14/h3-7H,2,14H2,1H3. The molecule has 0 aliphatic rings. The van der Waals surface area contributed by atoms with Gasteiger partial charge >= 0.3 is 0 Å². The minimum Gasteiger partial charge on any atom is -0.390 e. The van der Waals surface area contributed by atoms with Crippen LogP contribution in [0.1, 0.15) is 12.5 Å². The van der Waals surface area contributed by atoms with Crippen molar-refractivity contribution in [1.82, 2.24) is 15.1 Å². The summed E-state index contributed by atoms with van der Waals surface area (Å²) in [6, 6.07) is 3.77. The molecule has 96 valence electrons. The first kappa shape index (κ1) is 11.9. The molecule has 0 radical (unpaired) electrons. The number of hydrogen-bond donors (Lipinski definition) is 1. The fourth-order valence-corrected chi connectivity index (χ4v) is 2.50. The molecule has 19 heavy (non-hydrogen) atoms. The van der Waals surface area contributed by atoms with Crippen molar-refractivity contribution < 1.29 is 4.52 Å². The maximum atomic E-state index is 5.86. The third-order valence-electron chi connectivity index (χ3n) is 2.88. The quantitative estimate of drug-likeness (QED) is 0.793. The minimum absolute atomic E-state index is 0.451. The Labute approximate surface area is 114 Å². The van der Waals surface area contributed by atoms with Crippen LogP contribution in [0.4, 0.5) is 5.00 Å². The maximum absolute atomic E-state index is 5.86. The molecule has 3 aromatic heterocycles. The van der Waals surface area contributed by atoms with Gasteiger partial charge in [0.1, 0.15) is 0 Å². The van der Waals surface area contributed by atoms with Crippen LogP contribution < -0.4 is 5.73 Å². The zero-order chi connectivity index (χ0) is 13.2. The normalized spacial score (nSPS) is 10.8. The van der Waals surface area contributed by atoms with Gasteiger partial charge in [-0.25, -0.2) is 0 Å². The molecule has 0 bridgehead atoms. The molecule has 0 amide bonds. The third kappa shape index (κ3) is 2.10. The summed E-state index contributed by atoms with van der Waals surface area (Å²) in [7, 11) is 0. The Morgan fingerprint density at radius 2 is 2.21 bits per heavy atom. The van der Waals surface area contributed by atoms with Gasteiger partial charge in [-0.05, 0) is 29.5 Å². The molecule has 5 nitrogen and oxygen atoms in total. The van der Waals surface area contributed by atoms with Crippen molar-refractivity contribution in [3.8, 4) is 22.8 Å². The maximum Gasteiger partial charge on any atom is 0.261 e. The molecule has 3 rings (SSSR count). The molecular formula is C13H12N4OS. The van der Waals surface area contributed by atoms with Gasteiger partial charge in [0.2, 0.25) is 5.82 Å². The Balaban J connectivity index is 2.04. The van der Waals surface area contributed by atoms with Crippen molar-refractivity contribution in [2.24, 2.45) is 0 Å². The number of nitrogen functional groups attached to an aromatic ring is 1. The molecule has 2 N–H and O–H groups in total. The van der Waals surface area contributed by atoms with Gasteiger partial charge < -0.3 is 10.3 Å². The summed E-state index contributed by atoms with van der Waals surface area (Å²) in [6.45, 7) is 2.07. The van der Waals surface area contributed by atoms with E-state index < -0.39 is 0 Å². The lowest BCUT2D eigenvalue weighted by atomic mass is 10.1. The number of rotatable bonds is 3. The van der Waals surface area contributed by atoms with Crippen molar-refractivity contribution in [1.29, 1.82) is 0 Å². The van der Waals surface area contributed by atoms with Crippen LogP contribution in [0.3, 0.4) is 0 Å². The second-order valence-electron chi connectivity index (χ2n) is 4.01. The molecular weight excluding hydrogens is 260 g/mol. The van der Waals surface area contributed by atoms with E-state index >= 15 is 0 Å². The SMILES string of the molecule is CCc1cnccc1-c1noc(-c2ccsc2N)n1. The number of anilines is 1. The van der Waals surface area contributed by atoms with E-state index in [1.165, 1.54) is 11.3 Å². The lowest BCUT2D eigenvalue weighted by Crippen LogP contribution is -1.90. The number of pyridine rings is 1. The fourth-order valence-electron chi connectivity index (χ4n) is 1.87. The van der Waals surface area contributed by atoms with Gasteiger partial charge in [-0.3, -0.25) is 4.98 Å². The highest BCUT2D eigenvalue weighted by Crippen LogP contribution is 2.31. The van der Waals surface area contributed by atoms with Crippen LogP contribution in [0.2, 0.25) is 0 Å². The Hall–Kier alpha value is -2.21. The highest BCUT2D eigenvalue weighted by molar-refractivity contribution is 7.14. The number of nitrogens with two attached hydrogens (primary N) is 1.